The summed E-state index contributed by atoms with van der Waals surface area (Å²) in [5, 5.41) is 18.4. The number of hydrogen-bond acceptors (Lipinski definition) is 2. The van der Waals surface area contributed by atoms with Crippen molar-refractivity contribution in [2.75, 3.05) is 0 Å². The Bertz CT molecular complexity index is 540. The zero-order chi connectivity index (χ0) is 11.7. The van der Waals surface area contributed by atoms with Crippen LogP contribution in [0.25, 0.3) is 5.57 Å². The van der Waals surface area contributed by atoms with Crippen LogP contribution in [0.5, 0.6) is 0 Å². The number of rotatable bonds is 1. The van der Waals surface area contributed by atoms with Crippen molar-refractivity contribution >= 4 is 23.1 Å². The molecule has 80 valence electrons. The summed E-state index contributed by atoms with van der Waals surface area (Å²) >= 11 is 5.85. The molecular weight excluding hydrogens is 226 g/mol. The lowest BCUT2D eigenvalue weighted by Gasteiger charge is -2.02. The van der Waals surface area contributed by atoms with Gasteiger partial charge in [0.1, 0.15) is 11.6 Å². The van der Waals surface area contributed by atoms with E-state index in [4.69, 9.17) is 22.0 Å². The molecule has 1 aromatic carbocycles. The van der Waals surface area contributed by atoms with E-state index in [1.54, 1.807) is 18.2 Å². The van der Waals surface area contributed by atoms with Gasteiger partial charge in [0, 0.05) is 5.02 Å². The average Bonchev–Trinajstić information content (AvgIpc) is 2.62. The molecular formula is C12H8ClNO2. The highest BCUT2D eigenvalue weighted by atomic mass is 35.5. The third-order valence-corrected chi connectivity index (χ3v) is 2.90. The van der Waals surface area contributed by atoms with Gasteiger partial charge in [-0.1, -0.05) is 17.7 Å². The molecule has 4 heteroatoms. The number of aryl methyl sites for hydroxylation is 1. The lowest BCUT2D eigenvalue weighted by molar-refractivity contribution is -0.132. The first-order valence-electron chi connectivity index (χ1n) is 4.79. The number of nitriles is 1. The Morgan fingerprint density at radius 3 is 2.81 bits per heavy atom. The maximum absolute atomic E-state index is 10.9. The monoisotopic (exact) mass is 233 g/mol. The summed E-state index contributed by atoms with van der Waals surface area (Å²) < 4.78 is 0. The van der Waals surface area contributed by atoms with Crippen molar-refractivity contribution in [2.24, 2.45) is 0 Å². The van der Waals surface area contributed by atoms with Crippen molar-refractivity contribution < 1.29 is 9.90 Å². The fourth-order valence-electron chi connectivity index (χ4n) is 1.96. The van der Waals surface area contributed by atoms with Gasteiger partial charge in [-0.3, -0.25) is 0 Å². The summed E-state index contributed by atoms with van der Waals surface area (Å²) in [6.45, 7) is 0. The number of carbonyl (C=O) groups is 1. The van der Waals surface area contributed by atoms with Gasteiger partial charge in [0.25, 0.3) is 0 Å². The Morgan fingerprint density at radius 2 is 2.19 bits per heavy atom. The summed E-state index contributed by atoms with van der Waals surface area (Å²) in [6.07, 6.45) is 1.33. The van der Waals surface area contributed by atoms with Gasteiger partial charge in [-0.15, -0.1) is 0 Å². The molecule has 0 saturated heterocycles. The van der Waals surface area contributed by atoms with Gasteiger partial charge in [-0.05, 0) is 41.7 Å². The molecule has 0 aromatic heterocycles. The molecule has 0 radical (unpaired) electrons. The quantitative estimate of drug-likeness (QED) is 0.599. The normalized spacial score (nSPS) is 16.5. The second kappa shape index (κ2) is 3.99. The van der Waals surface area contributed by atoms with Crippen molar-refractivity contribution in [3.63, 3.8) is 0 Å². The molecule has 0 saturated carbocycles. The molecule has 0 amide bonds. The van der Waals surface area contributed by atoms with Crippen LogP contribution in [-0.4, -0.2) is 11.1 Å². The summed E-state index contributed by atoms with van der Waals surface area (Å²) in [5.74, 6) is -1.17. The lowest BCUT2D eigenvalue weighted by Crippen LogP contribution is -2.00. The van der Waals surface area contributed by atoms with E-state index in [2.05, 4.69) is 0 Å². The van der Waals surface area contributed by atoms with Gasteiger partial charge in [0.15, 0.2) is 0 Å². The van der Waals surface area contributed by atoms with E-state index < -0.39 is 5.97 Å². The summed E-state index contributed by atoms with van der Waals surface area (Å²) in [4.78, 5) is 10.9. The zero-order valence-corrected chi connectivity index (χ0v) is 9.08. The Balaban J connectivity index is 2.60. The SMILES string of the molecule is N#C/C(C(=O)O)=C1/CCc2cc(Cl)ccc21. The maximum Gasteiger partial charge on any atom is 0.346 e. The topological polar surface area (TPSA) is 61.1 Å². The number of halogens is 1. The molecule has 1 N–H and O–H groups in total. The van der Waals surface area contributed by atoms with E-state index in [0.717, 1.165) is 17.5 Å². The number of carboxylic acid groups (broad SMARTS) is 1. The molecule has 0 aliphatic heterocycles. The van der Waals surface area contributed by atoms with Crippen LogP contribution >= 0.6 is 11.6 Å². The van der Waals surface area contributed by atoms with E-state index in [1.165, 1.54) is 0 Å². The third-order valence-electron chi connectivity index (χ3n) is 2.66. The summed E-state index contributed by atoms with van der Waals surface area (Å²) in [6, 6.07) is 7.06. The molecule has 0 atom stereocenters. The number of nitrogens with zero attached hydrogens (tertiary/aromatic N) is 1. The van der Waals surface area contributed by atoms with Crippen molar-refractivity contribution in [2.45, 2.75) is 12.8 Å². The van der Waals surface area contributed by atoms with Gasteiger partial charge in [-0.25, -0.2) is 4.79 Å². The van der Waals surface area contributed by atoms with Crippen LogP contribution in [0.4, 0.5) is 0 Å². The largest absolute Gasteiger partial charge is 0.477 e. The standard InChI is InChI=1S/C12H8ClNO2/c13-8-2-4-9-7(5-8)1-3-10(9)11(6-14)12(15)16/h2,4-5H,1,3H2,(H,15,16)/b11-10+. The van der Waals surface area contributed by atoms with E-state index >= 15 is 0 Å². The second-order valence-corrected chi connectivity index (χ2v) is 4.01. The molecule has 0 unspecified atom stereocenters. The van der Waals surface area contributed by atoms with Crippen LogP contribution < -0.4 is 0 Å². The third kappa shape index (κ3) is 1.68. The van der Waals surface area contributed by atoms with Crippen molar-refractivity contribution in [3.05, 3.63) is 39.9 Å². The maximum atomic E-state index is 10.9. The van der Waals surface area contributed by atoms with Gasteiger partial charge in [0.2, 0.25) is 0 Å². The zero-order valence-electron chi connectivity index (χ0n) is 8.33. The minimum absolute atomic E-state index is 0.166. The highest BCUT2D eigenvalue weighted by Gasteiger charge is 2.23. The molecule has 3 nitrogen and oxygen atoms in total. The number of fused-ring (bicyclic) bond motifs is 1. The fraction of sp³-hybridized carbons (Fsp3) is 0.167. The number of aliphatic carboxylic acids is 1. The Hall–Kier alpha value is -1.79. The molecule has 1 aliphatic rings. The second-order valence-electron chi connectivity index (χ2n) is 3.57. The molecule has 2 rings (SSSR count). The number of allylic oxidation sites excluding steroid dienone is 1. The predicted molar refractivity (Wildman–Crippen MR) is 59.9 cm³/mol. The Labute approximate surface area is 97.6 Å². The van der Waals surface area contributed by atoms with E-state index in [1.807, 2.05) is 6.07 Å². The van der Waals surface area contributed by atoms with Gasteiger partial charge >= 0.3 is 5.97 Å². The lowest BCUT2D eigenvalue weighted by atomic mass is 10.0. The molecule has 0 fully saturated rings. The fourth-order valence-corrected chi connectivity index (χ4v) is 2.16. The Morgan fingerprint density at radius 1 is 1.44 bits per heavy atom. The Kier molecular flexibility index (Phi) is 2.67. The van der Waals surface area contributed by atoms with Crippen molar-refractivity contribution in [1.82, 2.24) is 0 Å². The van der Waals surface area contributed by atoms with Crippen LogP contribution in [0.2, 0.25) is 5.02 Å². The minimum Gasteiger partial charge on any atom is -0.477 e. The first-order chi connectivity index (χ1) is 7.63. The van der Waals surface area contributed by atoms with E-state index in [-0.39, 0.29) is 5.57 Å². The van der Waals surface area contributed by atoms with E-state index in [9.17, 15) is 4.79 Å². The summed E-state index contributed by atoms with van der Waals surface area (Å²) in [5.41, 5.74) is 2.29. The van der Waals surface area contributed by atoms with Gasteiger partial charge in [0.05, 0.1) is 0 Å². The first-order valence-corrected chi connectivity index (χ1v) is 5.16. The highest BCUT2D eigenvalue weighted by molar-refractivity contribution is 6.30. The first kappa shape index (κ1) is 10.7. The molecule has 1 aliphatic carbocycles. The van der Waals surface area contributed by atoms with Crippen LogP contribution in [-0.2, 0) is 11.2 Å². The van der Waals surface area contributed by atoms with Crippen molar-refractivity contribution in [3.8, 4) is 6.07 Å². The predicted octanol–water partition coefficient (Wildman–Crippen LogP) is 2.65. The molecule has 1 aromatic rings. The van der Waals surface area contributed by atoms with Gasteiger partial charge in [-0.2, -0.15) is 5.26 Å². The molecule has 0 bridgehead atoms. The summed E-state index contributed by atoms with van der Waals surface area (Å²) in [7, 11) is 0. The number of carboxylic acids is 1. The van der Waals surface area contributed by atoms with Crippen LogP contribution in [0.1, 0.15) is 17.5 Å². The molecule has 0 heterocycles. The van der Waals surface area contributed by atoms with Crippen LogP contribution in [0, 0.1) is 11.3 Å². The minimum atomic E-state index is -1.17. The number of hydrogen-bond donors (Lipinski definition) is 1. The van der Waals surface area contributed by atoms with E-state index in [0.29, 0.717) is 17.0 Å². The smallest absolute Gasteiger partial charge is 0.346 e. The van der Waals surface area contributed by atoms with Crippen LogP contribution in [0.15, 0.2) is 23.8 Å². The average molecular weight is 234 g/mol. The molecule has 0 spiro atoms. The number of benzene rings is 1. The highest BCUT2D eigenvalue weighted by Crippen LogP contribution is 2.35. The molecule has 16 heavy (non-hydrogen) atoms. The van der Waals surface area contributed by atoms with Crippen LogP contribution in [0.3, 0.4) is 0 Å². The van der Waals surface area contributed by atoms with Gasteiger partial charge < -0.3 is 5.11 Å². The van der Waals surface area contributed by atoms with Crippen molar-refractivity contribution in [1.29, 1.82) is 5.26 Å².